The van der Waals surface area contributed by atoms with Crippen LogP contribution in [0.4, 0.5) is 0 Å². The first-order valence-corrected chi connectivity index (χ1v) is 7.08. The number of nitrogens with one attached hydrogen (secondary N) is 1. The average molecular weight is 294 g/mol. The molecule has 1 N–H and O–H groups in total. The molecule has 0 aliphatic heterocycles. The minimum atomic E-state index is -0.207. The highest BCUT2D eigenvalue weighted by molar-refractivity contribution is 5.94. The van der Waals surface area contributed by atoms with Gasteiger partial charge in [-0.15, -0.1) is 0 Å². The Morgan fingerprint density at radius 2 is 2.05 bits per heavy atom. The third-order valence-corrected chi connectivity index (χ3v) is 3.23. The number of nitriles is 1. The zero-order valence-corrected chi connectivity index (χ0v) is 12.7. The van der Waals surface area contributed by atoms with Gasteiger partial charge >= 0.3 is 0 Å². The van der Waals surface area contributed by atoms with Gasteiger partial charge in [-0.3, -0.25) is 4.79 Å². The third-order valence-electron chi connectivity index (χ3n) is 3.23. The number of carbonyl (C=O) groups excluding carboxylic acids is 1. The Hall–Kier alpha value is -2.80. The molecular weight excluding hydrogens is 276 g/mol. The molecule has 0 saturated heterocycles. The van der Waals surface area contributed by atoms with Crippen LogP contribution >= 0.6 is 0 Å². The number of hydrogen-bond acceptors (Lipinski definition) is 3. The molecule has 0 radical (unpaired) electrons. The molecule has 0 atom stereocenters. The molecule has 22 heavy (non-hydrogen) atoms. The van der Waals surface area contributed by atoms with Crippen LogP contribution in [-0.2, 0) is 0 Å². The summed E-state index contributed by atoms with van der Waals surface area (Å²) in [5.74, 6) is 0.618. The highest BCUT2D eigenvalue weighted by Gasteiger charge is 2.06. The van der Waals surface area contributed by atoms with Crippen molar-refractivity contribution in [2.75, 3.05) is 13.2 Å². The molecule has 0 fully saturated rings. The van der Waals surface area contributed by atoms with Gasteiger partial charge in [0.1, 0.15) is 12.4 Å². The first-order valence-electron chi connectivity index (χ1n) is 7.08. The zero-order valence-electron chi connectivity index (χ0n) is 12.7. The summed E-state index contributed by atoms with van der Waals surface area (Å²) in [6, 6.07) is 14.6. The summed E-state index contributed by atoms with van der Waals surface area (Å²) < 4.78 is 5.66. The second-order valence-corrected chi connectivity index (χ2v) is 5.07. The molecule has 2 aromatic carbocycles. The maximum Gasteiger partial charge on any atom is 0.251 e. The van der Waals surface area contributed by atoms with Gasteiger partial charge in [0.05, 0.1) is 18.2 Å². The van der Waals surface area contributed by atoms with Crippen molar-refractivity contribution in [2.45, 2.75) is 13.8 Å². The van der Waals surface area contributed by atoms with Gasteiger partial charge in [0.25, 0.3) is 5.91 Å². The van der Waals surface area contributed by atoms with Gasteiger partial charge in [-0.05, 0) is 43.7 Å². The minimum absolute atomic E-state index is 0.207. The van der Waals surface area contributed by atoms with Crippen molar-refractivity contribution in [3.63, 3.8) is 0 Å². The molecular formula is C18H18N2O2. The monoisotopic (exact) mass is 294 g/mol. The lowest BCUT2D eigenvalue weighted by Gasteiger charge is -2.10. The summed E-state index contributed by atoms with van der Waals surface area (Å²) in [4.78, 5) is 12.0. The highest BCUT2D eigenvalue weighted by Crippen LogP contribution is 2.18. The Labute approximate surface area is 130 Å². The van der Waals surface area contributed by atoms with Crippen LogP contribution < -0.4 is 10.1 Å². The molecule has 0 bridgehead atoms. The van der Waals surface area contributed by atoms with E-state index in [1.165, 1.54) is 5.56 Å². The molecule has 0 aromatic heterocycles. The van der Waals surface area contributed by atoms with Gasteiger partial charge in [0.15, 0.2) is 0 Å². The van der Waals surface area contributed by atoms with Crippen LogP contribution in [0.25, 0.3) is 0 Å². The molecule has 2 rings (SSSR count). The van der Waals surface area contributed by atoms with Crippen molar-refractivity contribution in [3.05, 3.63) is 64.7 Å². The van der Waals surface area contributed by atoms with Gasteiger partial charge in [0, 0.05) is 5.56 Å². The lowest BCUT2D eigenvalue weighted by atomic mass is 10.1. The predicted molar refractivity (Wildman–Crippen MR) is 84.9 cm³/mol. The van der Waals surface area contributed by atoms with Gasteiger partial charge in [-0.1, -0.05) is 23.8 Å². The molecule has 4 nitrogen and oxygen atoms in total. The second kappa shape index (κ2) is 7.28. The zero-order chi connectivity index (χ0) is 15.9. The van der Waals surface area contributed by atoms with E-state index < -0.39 is 0 Å². The van der Waals surface area contributed by atoms with Gasteiger partial charge in [0.2, 0.25) is 0 Å². The van der Waals surface area contributed by atoms with Crippen LogP contribution in [0.15, 0.2) is 42.5 Å². The van der Waals surface area contributed by atoms with Crippen LogP contribution in [0.1, 0.15) is 27.0 Å². The SMILES string of the molecule is Cc1ccc(OCCNC(=O)c2cccc(C#N)c2)c(C)c1. The van der Waals surface area contributed by atoms with Crippen LogP contribution in [0.5, 0.6) is 5.75 Å². The van der Waals surface area contributed by atoms with E-state index in [1.54, 1.807) is 24.3 Å². The second-order valence-electron chi connectivity index (χ2n) is 5.07. The summed E-state index contributed by atoms with van der Waals surface area (Å²) in [7, 11) is 0. The number of amides is 1. The maximum atomic E-state index is 12.0. The van der Waals surface area contributed by atoms with Crippen LogP contribution in [-0.4, -0.2) is 19.1 Å². The standard InChI is InChI=1S/C18H18N2O2/c1-13-6-7-17(14(2)10-13)22-9-8-20-18(21)16-5-3-4-15(11-16)12-19/h3-7,10-11H,8-9H2,1-2H3,(H,20,21). The number of rotatable bonds is 5. The normalized spacial score (nSPS) is 9.86. The van der Waals surface area contributed by atoms with Crippen LogP contribution in [0, 0.1) is 25.2 Å². The fraction of sp³-hybridized carbons (Fsp3) is 0.222. The van der Waals surface area contributed by atoms with Crippen molar-refractivity contribution < 1.29 is 9.53 Å². The molecule has 0 unspecified atom stereocenters. The van der Waals surface area contributed by atoms with Crippen molar-refractivity contribution in [1.82, 2.24) is 5.32 Å². The van der Waals surface area contributed by atoms with Crippen LogP contribution in [0.3, 0.4) is 0 Å². The summed E-state index contributed by atoms with van der Waals surface area (Å²) in [5, 5.41) is 11.6. The number of carbonyl (C=O) groups is 1. The predicted octanol–water partition coefficient (Wildman–Crippen LogP) is 2.98. The van der Waals surface area contributed by atoms with E-state index in [0.29, 0.717) is 24.3 Å². The lowest BCUT2D eigenvalue weighted by Crippen LogP contribution is -2.28. The first kappa shape index (κ1) is 15.6. The Bertz CT molecular complexity index is 717. The topological polar surface area (TPSA) is 62.1 Å². The van der Waals surface area contributed by atoms with Gasteiger partial charge in [-0.25, -0.2) is 0 Å². The van der Waals surface area contributed by atoms with Gasteiger partial charge in [-0.2, -0.15) is 5.26 Å². The first-order chi connectivity index (χ1) is 10.6. The summed E-state index contributed by atoms with van der Waals surface area (Å²) >= 11 is 0. The van der Waals surface area contributed by atoms with E-state index in [0.717, 1.165) is 11.3 Å². The Morgan fingerprint density at radius 3 is 2.77 bits per heavy atom. The van der Waals surface area contributed by atoms with Crippen molar-refractivity contribution in [1.29, 1.82) is 5.26 Å². The molecule has 4 heteroatoms. The van der Waals surface area contributed by atoms with E-state index in [4.69, 9.17) is 10.00 Å². The minimum Gasteiger partial charge on any atom is -0.491 e. The molecule has 0 aliphatic rings. The van der Waals surface area contributed by atoms with Crippen molar-refractivity contribution >= 4 is 5.91 Å². The summed E-state index contributed by atoms with van der Waals surface area (Å²) in [6.45, 7) is 4.83. The quantitative estimate of drug-likeness (QED) is 0.862. The Kier molecular flexibility index (Phi) is 5.16. The van der Waals surface area contributed by atoms with E-state index in [2.05, 4.69) is 11.4 Å². The number of benzene rings is 2. The number of aryl methyl sites for hydroxylation is 2. The summed E-state index contributed by atoms with van der Waals surface area (Å²) in [5.41, 5.74) is 3.22. The van der Waals surface area contributed by atoms with Crippen molar-refractivity contribution in [3.8, 4) is 11.8 Å². The Balaban J connectivity index is 1.83. The molecule has 112 valence electrons. The molecule has 0 spiro atoms. The number of hydrogen-bond donors (Lipinski definition) is 1. The number of nitrogens with zero attached hydrogens (tertiary/aromatic N) is 1. The van der Waals surface area contributed by atoms with E-state index in [9.17, 15) is 4.79 Å². The van der Waals surface area contributed by atoms with E-state index in [1.807, 2.05) is 32.0 Å². The summed E-state index contributed by atoms with van der Waals surface area (Å²) in [6.07, 6.45) is 0. The molecule has 0 heterocycles. The van der Waals surface area contributed by atoms with Crippen LogP contribution in [0.2, 0.25) is 0 Å². The molecule has 0 aliphatic carbocycles. The Morgan fingerprint density at radius 1 is 1.23 bits per heavy atom. The maximum absolute atomic E-state index is 12.0. The van der Waals surface area contributed by atoms with Crippen molar-refractivity contribution in [2.24, 2.45) is 0 Å². The molecule has 0 saturated carbocycles. The molecule has 2 aromatic rings. The highest BCUT2D eigenvalue weighted by atomic mass is 16.5. The number of ether oxygens (including phenoxy) is 1. The van der Waals surface area contributed by atoms with E-state index >= 15 is 0 Å². The third kappa shape index (κ3) is 4.10. The van der Waals surface area contributed by atoms with Gasteiger partial charge < -0.3 is 10.1 Å². The molecule has 1 amide bonds. The largest absolute Gasteiger partial charge is 0.491 e. The van der Waals surface area contributed by atoms with E-state index in [-0.39, 0.29) is 5.91 Å². The smallest absolute Gasteiger partial charge is 0.251 e. The fourth-order valence-electron chi connectivity index (χ4n) is 2.12. The fourth-order valence-corrected chi connectivity index (χ4v) is 2.12. The lowest BCUT2D eigenvalue weighted by molar-refractivity contribution is 0.0947. The average Bonchev–Trinajstić information content (AvgIpc) is 2.53.